The van der Waals surface area contributed by atoms with Gasteiger partial charge in [-0.15, -0.1) is 11.8 Å². The van der Waals surface area contributed by atoms with Gasteiger partial charge in [0.2, 0.25) is 11.8 Å². The van der Waals surface area contributed by atoms with Gasteiger partial charge < -0.3 is 26.0 Å². The second-order valence-electron chi connectivity index (χ2n) is 8.26. The third kappa shape index (κ3) is 4.57. The number of nitrogens with one attached hydrogen (secondary N) is 3. The maximum Gasteiger partial charge on any atom is 1.00 e. The Morgan fingerprint density at radius 2 is 1.88 bits per heavy atom. The zero-order valence-electron chi connectivity index (χ0n) is 18.4. The number of carbonyl (C=O) groups excluding carboxylic acids is 4. The zero-order chi connectivity index (χ0) is 23.2. The van der Waals surface area contributed by atoms with E-state index in [1.807, 2.05) is 0 Å². The van der Waals surface area contributed by atoms with E-state index in [4.69, 9.17) is 0 Å². The third-order valence-electron chi connectivity index (χ3n) is 5.74. The molecule has 13 heteroatoms. The number of hydrogen-bond donors (Lipinski definition) is 4. The Kier molecular flexibility index (Phi) is 7.32. The predicted octanol–water partition coefficient (Wildman–Crippen LogP) is -2.90. The number of nitrogens with zero attached hydrogens (tertiary/aromatic N) is 2. The van der Waals surface area contributed by atoms with Crippen molar-refractivity contribution in [2.45, 2.75) is 42.1 Å². The van der Waals surface area contributed by atoms with Gasteiger partial charge in [0.1, 0.15) is 23.5 Å². The fourth-order valence-electron chi connectivity index (χ4n) is 4.19. The first-order valence-electron chi connectivity index (χ1n) is 10.1. The minimum absolute atomic E-state index is 0. The van der Waals surface area contributed by atoms with Gasteiger partial charge in [-0.05, 0) is 19.4 Å². The summed E-state index contributed by atoms with van der Waals surface area (Å²) < 4.78 is -0.720. The molecule has 0 aliphatic carbocycles. The number of benzene rings is 1. The molecular weight excluding hydrogens is 461 g/mol. The molecule has 1 aromatic rings. The molecule has 3 heterocycles. The van der Waals surface area contributed by atoms with E-state index in [9.17, 15) is 29.1 Å². The molecule has 0 radical (unpaired) electrons. The standard InChI is InChI=1S/C20H23N5O6S.Na/c1-20(2)13(17(28)29)25-15(27)12(16(25)32-20)22-14(26)11(10-6-4-3-5-7-10)23-19(31)24-9-8-21-18(24)30;/h3-7,11-13,16H,8-9H2,1-2H3,(H,21,30)(H,22,26)(H,23,31)(H,28,29);/q;+1/t11-,12-,13+,16-;/m1./s1. The SMILES string of the molecule is CC1(C)S[C@@H]2[C@H](NC(=O)[C@H](NC(=O)N3CCNC3=O)c3ccccc3)C(=O)N2[C@H]1C(=O)O.[Na+]. The molecule has 4 rings (SSSR count). The summed E-state index contributed by atoms with van der Waals surface area (Å²) >= 11 is 1.31. The summed E-state index contributed by atoms with van der Waals surface area (Å²) in [6, 6.07) is 4.14. The summed E-state index contributed by atoms with van der Waals surface area (Å²) in [5.74, 6) is -2.20. The first-order chi connectivity index (χ1) is 15.1. The van der Waals surface area contributed by atoms with Crippen LogP contribution in [-0.4, -0.2) is 80.0 Å². The molecule has 4 atom stereocenters. The second-order valence-corrected chi connectivity index (χ2v) is 10.0. The number of carboxylic acid groups (broad SMARTS) is 1. The van der Waals surface area contributed by atoms with Gasteiger partial charge in [-0.25, -0.2) is 19.3 Å². The number of rotatable bonds is 5. The van der Waals surface area contributed by atoms with Gasteiger partial charge in [0, 0.05) is 17.8 Å². The number of amides is 6. The van der Waals surface area contributed by atoms with Crippen LogP contribution in [0.2, 0.25) is 0 Å². The summed E-state index contributed by atoms with van der Waals surface area (Å²) in [5.41, 5.74) is 0.476. The van der Waals surface area contributed by atoms with Crippen molar-refractivity contribution in [1.82, 2.24) is 25.8 Å². The molecule has 1 aromatic carbocycles. The van der Waals surface area contributed by atoms with Crippen LogP contribution in [0.5, 0.6) is 0 Å². The Morgan fingerprint density at radius 1 is 1.21 bits per heavy atom. The number of β-lactam (4-membered cyclic amide) rings is 1. The first-order valence-corrected chi connectivity index (χ1v) is 10.9. The van der Waals surface area contributed by atoms with E-state index >= 15 is 0 Å². The Bertz CT molecular complexity index is 992. The van der Waals surface area contributed by atoms with Crippen LogP contribution in [0.1, 0.15) is 25.5 Å². The van der Waals surface area contributed by atoms with Crippen LogP contribution in [0.3, 0.4) is 0 Å². The van der Waals surface area contributed by atoms with Gasteiger partial charge in [0.15, 0.2) is 0 Å². The smallest absolute Gasteiger partial charge is 0.480 e. The molecular formula is C20H23N5NaO6S+. The number of carbonyl (C=O) groups is 5. The summed E-state index contributed by atoms with van der Waals surface area (Å²) in [5, 5.41) is 16.8. The normalized spacial score (nSPS) is 25.8. The summed E-state index contributed by atoms with van der Waals surface area (Å²) in [6.45, 7) is 3.98. The summed E-state index contributed by atoms with van der Waals surface area (Å²) in [7, 11) is 0. The fraction of sp³-hybridized carbons (Fsp3) is 0.450. The van der Waals surface area contributed by atoms with Gasteiger partial charge in [0.05, 0.1) is 0 Å². The molecule has 3 saturated heterocycles. The molecule has 3 aliphatic rings. The number of fused-ring (bicyclic) bond motifs is 1. The molecule has 6 amide bonds. The molecule has 4 N–H and O–H groups in total. The Hall–Kier alpha value is -2.28. The predicted molar refractivity (Wildman–Crippen MR) is 113 cm³/mol. The topological polar surface area (TPSA) is 148 Å². The van der Waals surface area contributed by atoms with Crippen molar-refractivity contribution in [2.24, 2.45) is 0 Å². The van der Waals surface area contributed by atoms with Gasteiger partial charge >= 0.3 is 47.6 Å². The summed E-state index contributed by atoms with van der Waals surface area (Å²) in [6.07, 6.45) is 0. The Morgan fingerprint density at radius 3 is 2.45 bits per heavy atom. The minimum Gasteiger partial charge on any atom is -0.480 e. The number of aliphatic carboxylic acids is 1. The maximum absolute atomic E-state index is 13.1. The van der Waals surface area contributed by atoms with Gasteiger partial charge in [-0.2, -0.15) is 0 Å². The maximum atomic E-state index is 13.1. The number of thioether (sulfide) groups is 1. The van der Waals surface area contributed by atoms with Crippen molar-refractivity contribution >= 4 is 41.6 Å². The molecule has 0 spiro atoms. The largest absolute Gasteiger partial charge is 1.00 e. The number of imide groups is 1. The average molecular weight is 484 g/mol. The first kappa shape index (κ1) is 25.3. The van der Waals surface area contributed by atoms with E-state index in [1.54, 1.807) is 44.2 Å². The number of carboxylic acids is 1. The summed E-state index contributed by atoms with van der Waals surface area (Å²) in [4.78, 5) is 64.2. The van der Waals surface area contributed by atoms with Crippen LogP contribution in [0.4, 0.5) is 9.59 Å². The fourth-order valence-corrected chi connectivity index (χ4v) is 5.82. The van der Waals surface area contributed by atoms with E-state index in [0.29, 0.717) is 12.1 Å². The van der Waals surface area contributed by atoms with E-state index in [-0.39, 0.29) is 36.1 Å². The quantitative estimate of drug-likeness (QED) is 0.259. The average Bonchev–Trinajstić information content (AvgIpc) is 3.29. The van der Waals surface area contributed by atoms with Crippen molar-refractivity contribution in [3.63, 3.8) is 0 Å². The molecule has 0 saturated carbocycles. The molecule has 170 valence electrons. The van der Waals surface area contributed by atoms with Crippen LogP contribution in [0.15, 0.2) is 30.3 Å². The molecule has 33 heavy (non-hydrogen) atoms. The second kappa shape index (κ2) is 9.53. The van der Waals surface area contributed by atoms with Crippen LogP contribution < -0.4 is 45.5 Å². The Balaban J connectivity index is 0.00000306. The van der Waals surface area contributed by atoms with Crippen molar-refractivity contribution in [2.75, 3.05) is 13.1 Å². The van der Waals surface area contributed by atoms with E-state index in [1.165, 1.54) is 16.7 Å². The van der Waals surface area contributed by atoms with Crippen LogP contribution in [-0.2, 0) is 14.4 Å². The monoisotopic (exact) mass is 484 g/mol. The molecule has 3 fully saturated rings. The molecule has 0 unspecified atom stereocenters. The molecule has 0 aromatic heterocycles. The molecule has 11 nitrogen and oxygen atoms in total. The van der Waals surface area contributed by atoms with E-state index in [2.05, 4.69) is 16.0 Å². The van der Waals surface area contributed by atoms with Crippen LogP contribution in [0.25, 0.3) is 0 Å². The minimum atomic E-state index is -1.14. The zero-order valence-corrected chi connectivity index (χ0v) is 21.2. The number of urea groups is 2. The van der Waals surface area contributed by atoms with Gasteiger partial charge in [-0.1, -0.05) is 30.3 Å². The van der Waals surface area contributed by atoms with Crippen LogP contribution in [0, 0.1) is 0 Å². The number of hydrogen-bond acceptors (Lipinski definition) is 6. The van der Waals surface area contributed by atoms with Crippen molar-refractivity contribution < 1.29 is 58.6 Å². The van der Waals surface area contributed by atoms with Crippen LogP contribution >= 0.6 is 11.8 Å². The molecule has 0 bridgehead atoms. The molecule has 3 aliphatic heterocycles. The Labute approximate surface area is 216 Å². The van der Waals surface area contributed by atoms with Crippen molar-refractivity contribution in [3.8, 4) is 0 Å². The van der Waals surface area contributed by atoms with Crippen molar-refractivity contribution in [1.29, 1.82) is 0 Å². The van der Waals surface area contributed by atoms with E-state index in [0.717, 1.165) is 4.90 Å². The van der Waals surface area contributed by atoms with Gasteiger partial charge in [0.25, 0.3) is 0 Å². The third-order valence-corrected chi connectivity index (χ3v) is 7.31. The van der Waals surface area contributed by atoms with E-state index < -0.39 is 58.1 Å². The van der Waals surface area contributed by atoms with Crippen molar-refractivity contribution in [3.05, 3.63) is 35.9 Å². The van der Waals surface area contributed by atoms with Gasteiger partial charge in [-0.3, -0.25) is 9.59 Å².